The van der Waals surface area contributed by atoms with Gasteiger partial charge in [0.05, 0.1) is 5.57 Å². The minimum atomic E-state index is -0.510. The molecule has 0 aliphatic rings. The first-order valence-electron chi connectivity index (χ1n) is 11.0. The Bertz CT molecular complexity index is 1450. The Balaban J connectivity index is 1.59. The average molecular weight is 442 g/mol. The summed E-state index contributed by atoms with van der Waals surface area (Å²) in [5, 5.41) is 4.71. The zero-order valence-electron chi connectivity index (χ0n) is 18.6. The number of anilines is 3. The fourth-order valence-corrected chi connectivity index (χ4v) is 4.00. The lowest BCUT2D eigenvalue weighted by Crippen LogP contribution is -2.11. The fourth-order valence-electron chi connectivity index (χ4n) is 4.00. The number of fused-ring (bicyclic) bond motifs is 2. The normalized spacial score (nSPS) is 10.7. The fraction of sp³-hybridized carbons (Fsp3) is 0. The van der Waals surface area contributed by atoms with E-state index < -0.39 is 5.97 Å². The molecule has 0 amide bonds. The summed E-state index contributed by atoms with van der Waals surface area (Å²) in [5.74, 6) is -0.0580. The number of carbonyl (C=O) groups is 1. The summed E-state index contributed by atoms with van der Waals surface area (Å²) in [6.07, 6.45) is 1.39. The molecule has 0 heterocycles. The molecule has 0 spiro atoms. The second-order valence-electron chi connectivity index (χ2n) is 8.01. The highest BCUT2D eigenvalue weighted by Crippen LogP contribution is 2.38. The van der Waals surface area contributed by atoms with E-state index in [0.29, 0.717) is 5.75 Å². The first kappa shape index (κ1) is 21.2. The Hall–Kier alpha value is -4.63. The second kappa shape index (κ2) is 9.08. The molecule has 3 heteroatoms. The van der Waals surface area contributed by atoms with Gasteiger partial charge in [0.2, 0.25) is 0 Å². The average Bonchev–Trinajstić information content (AvgIpc) is 2.89. The number of esters is 1. The van der Waals surface area contributed by atoms with Gasteiger partial charge in [0.15, 0.2) is 0 Å². The van der Waals surface area contributed by atoms with Gasteiger partial charge in [0.25, 0.3) is 0 Å². The van der Waals surface area contributed by atoms with Crippen molar-refractivity contribution >= 4 is 44.6 Å². The summed E-state index contributed by atoms with van der Waals surface area (Å²) < 4.78 is 5.40. The highest BCUT2D eigenvalue weighted by Gasteiger charge is 2.15. The molecule has 0 saturated carbocycles. The molecule has 0 fully saturated rings. The van der Waals surface area contributed by atoms with E-state index in [9.17, 15) is 4.79 Å². The van der Waals surface area contributed by atoms with Crippen molar-refractivity contribution in [2.75, 3.05) is 4.90 Å². The highest BCUT2D eigenvalue weighted by atomic mass is 16.5. The minimum absolute atomic E-state index is 0.220. The molecule has 34 heavy (non-hydrogen) atoms. The van der Waals surface area contributed by atoms with Gasteiger partial charge in [-0.3, -0.25) is 0 Å². The molecule has 5 aromatic carbocycles. The van der Waals surface area contributed by atoms with Crippen molar-refractivity contribution < 1.29 is 9.53 Å². The maximum Gasteiger partial charge on any atom is 0.342 e. The van der Waals surface area contributed by atoms with Gasteiger partial charge in [0.1, 0.15) is 5.75 Å². The van der Waals surface area contributed by atoms with Crippen LogP contribution >= 0.6 is 0 Å². The van der Waals surface area contributed by atoms with Crippen LogP contribution in [0.25, 0.3) is 21.5 Å². The Labute approximate surface area is 198 Å². The van der Waals surface area contributed by atoms with Crippen molar-refractivity contribution in [1.29, 1.82) is 0 Å². The highest BCUT2D eigenvalue weighted by molar-refractivity contribution is 5.93. The van der Waals surface area contributed by atoms with E-state index >= 15 is 0 Å². The van der Waals surface area contributed by atoms with Crippen molar-refractivity contribution in [1.82, 2.24) is 0 Å². The molecule has 3 nitrogen and oxygen atoms in total. The van der Waals surface area contributed by atoms with E-state index in [2.05, 4.69) is 78.7 Å². The summed E-state index contributed by atoms with van der Waals surface area (Å²) in [5.41, 5.74) is 3.25. The molecule has 0 bridgehead atoms. The SMILES string of the molecule is C=CC(=C)C(=O)Oc1ccc(N(c2ccc3ccccc3c2)c2ccc3ccccc3c2)cc1. The second-order valence-corrected chi connectivity index (χ2v) is 8.01. The minimum Gasteiger partial charge on any atom is -0.423 e. The van der Waals surface area contributed by atoms with Crippen LogP contribution in [-0.2, 0) is 4.79 Å². The van der Waals surface area contributed by atoms with Crippen molar-refractivity contribution in [3.8, 4) is 5.75 Å². The standard InChI is InChI=1S/C31H23NO2/c1-3-22(2)31(33)34-30-18-16-27(17-19-30)32(28-14-12-23-8-4-6-10-25(23)20-28)29-15-13-24-9-5-7-11-26(24)21-29/h3-21H,1-2H2. The lowest BCUT2D eigenvalue weighted by atomic mass is 10.1. The van der Waals surface area contributed by atoms with Crippen LogP contribution in [-0.4, -0.2) is 5.97 Å². The number of hydrogen-bond acceptors (Lipinski definition) is 3. The Morgan fingerprint density at radius 2 is 1.12 bits per heavy atom. The van der Waals surface area contributed by atoms with Gasteiger partial charge in [0, 0.05) is 17.1 Å². The van der Waals surface area contributed by atoms with E-state index in [1.165, 1.54) is 27.6 Å². The lowest BCUT2D eigenvalue weighted by molar-refractivity contribution is -0.129. The van der Waals surface area contributed by atoms with E-state index in [1.807, 2.05) is 36.4 Å². The van der Waals surface area contributed by atoms with Gasteiger partial charge in [-0.15, -0.1) is 0 Å². The third kappa shape index (κ3) is 4.19. The van der Waals surface area contributed by atoms with Gasteiger partial charge in [-0.05, 0) is 70.1 Å². The molecule has 0 unspecified atom stereocenters. The molecule has 0 aliphatic heterocycles. The van der Waals surface area contributed by atoms with Gasteiger partial charge >= 0.3 is 5.97 Å². The van der Waals surface area contributed by atoms with Gasteiger partial charge in [-0.1, -0.05) is 79.9 Å². The molecule has 0 N–H and O–H groups in total. The first-order chi connectivity index (χ1) is 16.6. The largest absolute Gasteiger partial charge is 0.423 e. The topological polar surface area (TPSA) is 29.5 Å². The van der Waals surface area contributed by atoms with E-state index in [-0.39, 0.29) is 5.57 Å². The van der Waals surface area contributed by atoms with Crippen molar-refractivity contribution in [3.63, 3.8) is 0 Å². The number of ether oxygens (including phenoxy) is 1. The van der Waals surface area contributed by atoms with Crippen LogP contribution < -0.4 is 9.64 Å². The van der Waals surface area contributed by atoms with Gasteiger partial charge in [-0.2, -0.15) is 0 Å². The van der Waals surface area contributed by atoms with Crippen LogP contribution in [0.3, 0.4) is 0 Å². The first-order valence-corrected chi connectivity index (χ1v) is 11.0. The summed E-state index contributed by atoms with van der Waals surface area (Å²) in [6.45, 7) is 7.21. The van der Waals surface area contributed by atoms with Crippen LogP contribution in [0.4, 0.5) is 17.1 Å². The van der Waals surface area contributed by atoms with Crippen LogP contribution in [0, 0.1) is 0 Å². The molecule has 0 radical (unpaired) electrons. The molecule has 0 aliphatic carbocycles. The van der Waals surface area contributed by atoms with E-state index in [0.717, 1.165) is 17.1 Å². The Morgan fingerprint density at radius 3 is 1.62 bits per heavy atom. The quantitative estimate of drug-likeness (QED) is 0.115. The zero-order valence-corrected chi connectivity index (χ0v) is 18.6. The zero-order chi connectivity index (χ0) is 23.5. The van der Waals surface area contributed by atoms with E-state index in [1.54, 1.807) is 12.1 Å². The third-order valence-electron chi connectivity index (χ3n) is 5.80. The van der Waals surface area contributed by atoms with Crippen LogP contribution in [0.5, 0.6) is 5.75 Å². The predicted molar refractivity (Wildman–Crippen MR) is 141 cm³/mol. The van der Waals surface area contributed by atoms with E-state index in [4.69, 9.17) is 4.74 Å². The number of benzene rings is 5. The molecule has 0 aromatic heterocycles. The van der Waals surface area contributed by atoms with Crippen LogP contribution in [0.15, 0.2) is 134 Å². The molecule has 5 rings (SSSR count). The summed E-state index contributed by atoms with van der Waals surface area (Å²) in [4.78, 5) is 14.3. The number of hydrogen-bond donors (Lipinski definition) is 0. The van der Waals surface area contributed by atoms with Crippen LogP contribution in [0.2, 0.25) is 0 Å². The van der Waals surface area contributed by atoms with Gasteiger partial charge in [-0.25, -0.2) is 4.79 Å². The monoisotopic (exact) mass is 441 g/mol. The lowest BCUT2D eigenvalue weighted by Gasteiger charge is -2.26. The Morgan fingerprint density at radius 1 is 0.647 bits per heavy atom. The Kier molecular flexibility index (Phi) is 5.67. The molecule has 0 saturated heterocycles. The van der Waals surface area contributed by atoms with Crippen molar-refractivity contribution in [2.24, 2.45) is 0 Å². The molecule has 5 aromatic rings. The summed E-state index contributed by atoms with van der Waals surface area (Å²) in [7, 11) is 0. The summed E-state index contributed by atoms with van der Waals surface area (Å²) >= 11 is 0. The number of nitrogens with zero attached hydrogens (tertiary/aromatic N) is 1. The number of rotatable bonds is 6. The smallest absolute Gasteiger partial charge is 0.342 e. The molecule has 164 valence electrons. The maximum atomic E-state index is 12.1. The molecule has 0 atom stereocenters. The van der Waals surface area contributed by atoms with Crippen molar-refractivity contribution in [2.45, 2.75) is 0 Å². The van der Waals surface area contributed by atoms with Crippen molar-refractivity contribution in [3.05, 3.63) is 134 Å². The van der Waals surface area contributed by atoms with Crippen LogP contribution in [0.1, 0.15) is 0 Å². The maximum absolute atomic E-state index is 12.1. The molecular formula is C31H23NO2. The predicted octanol–water partition coefficient (Wildman–Crippen LogP) is 8.11. The molecular weight excluding hydrogens is 418 g/mol. The third-order valence-corrected chi connectivity index (χ3v) is 5.80. The summed E-state index contributed by atoms with van der Waals surface area (Å²) in [6, 6.07) is 37.0. The number of carbonyl (C=O) groups excluding carboxylic acids is 1. The van der Waals surface area contributed by atoms with Gasteiger partial charge < -0.3 is 9.64 Å².